The zero-order valence-corrected chi connectivity index (χ0v) is 16.9. The number of hydrogen-bond acceptors (Lipinski definition) is 2. The standard InChI is InChI=1S/C22H42O2/c1-16(2)20-10-14-22(15-11-20)24-18(5)6-7-19-8-12-21(13-9-19)23-17(3)4/h16-22H,6-15H2,1-5H3/t18?,19-,20-,21-,22+. The van der Waals surface area contributed by atoms with Crippen molar-refractivity contribution in [2.24, 2.45) is 17.8 Å². The van der Waals surface area contributed by atoms with Crippen molar-refractivity contribution < 1.29 is 9.47 Å². The highest BCUT2D eigenvalue weighted by Gasteiger charge is 2.26. The van der Waals surface area contributed by atoms with E-state index in [2.05, 4.69) is 34.6 Å². The van der Waals surface area contributed by atoms with Crippen LogP contribution in [0.15, 0.2) is 0 Å². The van der Waals surface area contributed by atoms with E-state index in [1.807, 2.05) is 0 Å². The summed E-state index contributed by atoms with van der Waals surface area (Å²) < 4.78 is 12.3. The van der Waals surface area contributed by atoms with Gasteiger partial charge in [-0.2, -0.15) is 0 Å². The first-order valence-corrected chi connectivity index (χ1v) is 10.7. The quantitative estimate of drug-likeness (QED) is 0.512. The molecule has 0 saturated heterocycles. The summed E-state index contributed by atoms with van der Waals surface area (Å²) in [6, 6.07) is 0. The van der Waals surface area contributed by atoms with E-state index < -0.39 is 0 Å². The average Bonchev–Trinajstić information content (AvgIpc) is 2.54. The van der Waals surface area contributed by atoms with E-state index in [0.717, 1.165) is 17.8 Å². The molecular weight excluding hydrogens is 296 g/mol. The van der Waals surface area contributed by atoms with Crippen molar-refractivity contribution in [2.75, 3.05) is 0 Å². The van der Waals surface area contributed by atoms with Gasteiger partial charge in [-0.25, -0.2) is 0 Å². The molecule has 0 bridgehead atoms. The van der Waals surface area contributed by atoms with Gasteiger partial charge in [-0.3, -0.25) is 0 Å². The summed E-state index contributed by atoms with van der Waals surface area (Å²) in [5.41, 5.74) is 0. The molecule has 0 aliphatic heterocycles. The Labute approximate surface area is 151 Å². The monoisotopic (exact) mass is 338 g/mol. The summed E-state index contributed by atoms with van der Waals surface area (Å²) in [7, 11) is 0. The van der Waals surface area contributed by atoms with Crippen LogP contribution >= 0.6 is 0 Å². The fourth-order valence-corrected chi connectivity index (χ4v) is 4.70. The molecule has 2 nitrogen and oxygen atoms in total. The highest BCUT2D eigenvalue weighted by molar-refractivity contribution is 4.77. The van der Waals surface area contributed by atoms with Crippen LogP contribution in [0.25, 0.3) is 0 Å². The van der Waals surface area contributed by atoms with Crippen LogP contribution in [-0.2, 0) is 9.47 Å². The van der Waals surface area contributed by atoms with Crippen LogP contribution in [0.1, 0.15) is 98.8 Å². The second-order valence-corrected chi connectivity index (χ2v) is 9.13. The molecule has 0 aromatic carbocycles. The summed E-state index contributed by atoms with van der Waals surface area (Å²) >= 11 is 0. The SMILES string of the molecule is CC(C)O[C@H]1CC[C@H](CCC(C)O[C@H]2CC[C@@H](C(C)C)CC2)CC1. The van der Waals surface area contributed by atoms with Gasteiger partial charge in [0.15, 0.2) is 0 Å². The van der Waals surface area contributed by atoms with Crippen molar-refractivity contribution in [3.63, 3.8) is 0 Å². The Morgan fingerprint density at radius 1 is 0.708 bits per heavy atom. The normalized spacial score (nSPS) is 33.1. The molecule has 0 spiro atoms. The largest absolute Gasteiger partial charge is 0.376 e. The van der Waals surface area contributed by atoms with Gasteiger partial charge in [-0.1, -0.05) is 13.8 Å². The summed E-state index contributed by atoms with van der Waals surface area (Å²) in [4.78, 5) is 0. The lowest BCUT2D eigenvalue weighted by atomic mass is 9.80. The maximum absolute atomic E-state index is 6.36. The Hall–Kier alpha value is -0.0800. The van der Waals surface area contributed by atoms with Gasteiger partial charge >= 0.3 is 0 Å². The van der Waals surface area contributed by atoms with Crippen LogP contribution in [0.3, 0.4) is 0 Å². The van der Waals surface area contributed by atoms with Gasteiger partial charge in [-0.05, 0) is 103 Å². The first-order chi connectivity index (χ1) is 11.4. The Kier molecular flexibility index (Phi) is 8.57. The van der Waals surface area contributed by atoms with Crippen molar-refractivity contribution in [1.29, 1.82) is 0 Å². The van der Waals surface area contributed by atoms with E-state index in [1.165, 1.54) is 64.2 Å². The molecule has 0 aromatic rings. The predicted octanol–water partition coefficient (Wildman–Crippen LogP) is 6.37. The molecule has 2 fully saturated rings. The molecule has 1 unspecified atom stereocenters. The Balaban J connectivity index is 1.56. The van der Waals surface area contributed by atoms with Crippen molar-refractivity contribution in [3.8, 4) is 0 Å². The Morgan fingerprint density at radius 2 is 1.25 bits per heavy atom. The minimum absolute atomic E-state index is 0.380. The highest BCUT2D eigenvalue weighted by atomic mass is 16.5. The summed E-state index contributed by atoms with van der Waals surface area (Å²) in [5.74, 6) is 2.68. The minimum Gasteiger partial charge on any atom is -0.376 e. The van der Waals surface area contributed by atoms with Gasteiger partial charge in [-0.15, -0.1) is 0 Å². The molecule has 0 heterocycles. The van der Waals surface area contributed by atoms with Gasteiger partial charge in [0.25, 0.3) is 0 Å². The van der Waals surface area contributed by atoms with Crippen molar-refractivity contribution >= 4 is 0 Å². The van der Waals surface area contributed by atoms with E-state index >= 15 is 0 Å². The molecule has 24 heavy (non-hydrogen) atoms. The number of rotatable bonds is 8. The predicted molar refractivity (Wildman–Crippen MR) is 102 cm³/mol. The molecule has 0 radical (unpaired) electrons. The van der Waals surface area contributed by atoms with Crippen LogP contribution in [0.4, 0.5) is 0 Å². The first-order valence-electron chi connectivity index (χ1n) is 10.7. The molecule has 1 atom stereocenters. The third kappa shape index (κ3) is 7.04. The zero-order chi connectivity index (χ0) is 17.5. The van der Waals surface area contributed by atoms with E-state index in [-0.39, 0.29) is 0 Å². The summed E-state index contributed by atoms with van der Waals surface area (Å²) in [5, 5.41) is 0. The van der Waals surface area contributed by atoms with Gasteiger partial charge in [0.2, 0.25) is 0 Å². The van der Waals surface area contributed by atoms with Gasteiger partial charge < -0.3 is 9.47 Å². The second-order valence-electron chi connectivity index (χ2n) is 9.13. The molecule has 0 N–H and O–H groups in total. The van der Waals surface area contributed by atoms with E-state index in [0.29, 0.717) is 24.4 Å². The van der Waals surface area contributed by atoms with E-state index in [9.17, 15) is 0 Å². The summed E-state index contributed by atoms with van der Waals surface area (Å²) in [6.45, 7) is 11.3. The third-order valence-electron chi connectivity index (χ3n) is 6.33. The fourth-order valence-electron chi connectivity index (χ4n) is 4.70. The average molecular weight is 339 g/mol. The molecule has 2 saturated carbocycles. The van der Waals surface area contributed by atoms with Crippen molar-refractivity contribution in [2.45, 2.75) is 123 Å². The number of hydrogen-bond donors (Lipinski definition) is 0. The van der Waals surface area contributed by atoms with Crippen molar-refractivity contribution in [3.05, 3.63) is 0 Å². The molecule has 2 aliphatic carbocycles. The molecule has 2 heteroatoms. The molecule has 142 valence electrons. The minimum atomic E-state index is 0.380. The second kappa shape index (κ2) is 10.2. The van der Waals surface area contributed by atoms with Crippen LogP contribution in [0, 0.1) is 17.8 Å². The lowest BCUT2D eigenvalue weighted by Gasteiger charge is -2.33. The van der Waals surface area contributed by atoms with Crippen LogP contribution in [-0.4, -0.2) is 24.4 Å². The zero-order valence-electron chi connectivity index (χ0n) is 16.9. The van der Waals surface area contributed by atoms with Gasteiger partial charge in [0.05, 0.1) is 24.4 Å². The molecular formula is C22H42O2. The first kappa shape index (κ1) is 20.2. The molecule has 0 aromatic heterocycles. The Bertz CT molecular complexity index is 323. The fraction of sp³-hybridized carbons (Fsp3) is 1.00. The van der Waals surface area contributed by atoms with Gasteiger partial charge in [0, 0.05) is 0 Å². The van der Waals surface area contributed by atoms with Crippen LogP contribution < -0.4 is 0 Å². The molecule has 2 aliphatic rings. The van der Waals surface area contributed by atoms with Crippen LogP contribution in [0.5, 0.6) is 0 Å². The van der Waals surface area contributed by atoms with Crippen LogP contribution in [0.2, 0.25) is 0 Å². The highest BCUT2D eigenvalue weighted by Crippen LogP contribution is 2.33. The lowest BCUT2D eigenvalue weighted by Crippen LogP contribution is -2.28. The molecule has 0 amide bonds. The number of ether oxygens (including phenoxy) is 2. The molecule has 2 rings (SSSR count). The maximum Gasteiger partial charge on any atom is 0.0579 e. The van der Waals surface area contributed by atoms with Crippen molar-refractivity contribution in [1.82, 2.24) is 0 Å². The Morgan fingerprint density at radius 3 is 1.79 bits per heavy atom. The summed E-state index contributed by atoms with van der Waals surface area (Å²) in [6.07, 6.45) is 15.0. The van der Waals surface area contributed by atoms with E-state index in [1.54, 1.807) is 0 Å². The maximum atomic E-state index is 6.36. The smallest absolute Gasteiger partial charge is 0.0579 e. The third-order valence-corrected chi connectivity index (χ3v) is 6.33. The van der Waals surface area contributed by atoms with Gasteiger partial charge in [0.1, 0.15) is 0 Å². The topological polar surface area (TPSA) is 18.5 Å². The lowest BCUT2D eigenvalue weighted by molar-refractivity contribution is -0.0406. The van der Waals surface area contributed by atoms with E-state index in [4.69, 9.17) is 9.47 Å².